The third-order valence-electron chi connectivity index (χ3n) is 2.46. The maximum absolute atomic E-state index is 11.1. The van der Waals surface area contributed by atoms with Crippen molar-refractivity contribution < 1.29 is 15.1 Å². The molecule has 0 bridgehead atoms. The van der Waals surface area contributed by atoms with Crippen LogP contribution in [0.1, 0.15) is 15.9 Å². The van der Waals surface area contributed by atoms with Crippen molar-refractivity contribution in [3.8, 4) is 0 Å². The fourth-order valence-corrected chi connectivity index (χ4v) is 1.88. The molecule has 4 nitrogen and oxygen atoms in total. The summed E-state index contributed by atoms with van der Waals surface area (Å²) in [6.07, 6.45) is 0. The molecule has 0 aromatic heterocycles. The molecule has 0 atom stereocenters. The summed E-state index contributed by atoms with van der Waals surface area (Å²) in [5.41, 5.74) is 0.682. The number of hydrogen-bond donors (Lipinski definition) is 2. The molecule has 0 aliphatic rings. The number of carbonyl (C=O) groups is 1. The number of hydrogen-bond acceptors (Lipinski definition) is 3. The van der Waals surface area contributed by atoms with Crippen LogP contribution in [0, 0.1) is 0 Å². The van der Waals surface area contributed by atoms with Gasteiger partial charge in [-0.3, -0.25) is 0 Å². The van der Waals surface area contributed by atoms with E-state index >= 15 is 0 Å². The zero-order chi connectivity index (χ0) is 12.4. The van der Waals surface area contributed by atoms with Crippen molar-refractivity contribution >= 4 is 33.5 Å². The van der Waals surface area contributed by atoms with Crippen molar-refractivity contribution in [3.05, 3.63) is 47.5 Å². The van der Waals surface area contributed by atoms with Crippen LogP contribution in [-0.4, -0.2) is 21.5 Å². The average molecular weight is 250 g/mol. The molecule has 2 aromatic carbocycles. The van der Waals surface area contributed by atoms with Crippen LogP contribution in [-0.2, 0) is 0 Å². The molecule has 2 N–H and O–H groups in total. The van der Waals surface area contributed by atoms with E-state index in [1.165, 1.54) is 12.1 Å². The van der Waals surface area contributed by atoms with Gasteiger partial charge in [-0.1, -0.05) is 47.1 Å². The third-order valence-corrected chi connectivity index (χ3v) is 2.74. The lowest BCUT2D eigenvalue weighted by Crippen LogP contribution is -2.01. The van der Waals surface area contributed by atoms with Gasteiger partial charge in [-0.2, -0.15) is 0 Å². The van der Waals surface area contributed by atoms with E-state index in [1.807, 2.05) is 0 Å². The van der Waals surface area contributed by atoms with Gasteiger partial charge in [-0.25, -0.2) is 4.79 Å². The first-order valence-corrected chi connectivity index (χ1v) is 5.16. The Bertz CT molecular complexity index is 622. The van der Waals surface area contributed by atoms with Crippen LogP contribution in [0.4, 0.5) is 0 Å². The highest BCUT2D eigenvalue weighted by Gasteiger charge is 2.13. The van der Waals surface area contributed by atoms with Crippen LogP contribution in [0.25, 0.3) is 10.8 Å². The molecule has 86 valence electrons. The Hall–Kier alpha value is -2.07. The molecule has 0 unspecified atom stereocenters. The number of halogens is 1. The topological polar surface area (TPSA) is 69.9 Å². The van der Waals surface area contributed by atoms with Gasteiger partial charge in [-0.15, -0.1) is 0 Å². The minimum atomic E-state index is -1.01. The van der Waals surface area contributed by atoms with Gasteiger partial charge >= 0.3 is 5.97 Å². The lowest BCUT2D eigenvalue weighted by atomic mass is 10.00. The Balaban J connectivity index is 2.84. The number of carboxylic acids is 1. The van der Waals surface area contributed by atoms with Gasteiger partial charge < -0.3 is 10.3 Å². The lowest BCUT2D eigenvalue weighted by Gasteiger charge is -2.06. The molecular formula is C12H8ClNO3. The molecule has 2 aromatic rings. The molecule has 0 aliphatic heterocycles. The molecule has 0 saturated heterocycles. The smallest absolute Gasteiger partial charge is 0.336 e. The quantitative estimate of drug-likeness (QED) is 0.488. The zero-order valence-corrected chi connectivity index (χ0v) is 9.35. The predicted octanol–water partition coefficient (Wildman–Crippen LogP) is 2.91. The minimum absolute atomic E-state index is 0.0712. The van der Waals surface area contributed by atoms with Crippen LogP contribution in [0.2, 0.25) is 0 Å². The maximum atomic E-state index is 11.1. The van der Waals surface area contributed by atoms with Gasteiger partial charge in [-0.05, 0) is 16.8 Å². The van der Waals surface area contributed by atoms with Crippen molar-refractivity contribution in [3.63, 3.8) is 0 Å². The molecule has 17 heavy (non-hydrogen) atoms. The number of aromatic carboxylic acids is 1. The molecule has 0 fully saturated rings. The van der Waals surface area contributed by atoms with Crippen LogP contribution < -0.4 is 0 Å². The van der Waals surface area contributed by atoms with E-state index in [0.29, 0.717) is 16.3 Å². The Morgan fingerprint density at radius 1 is 1.06 bits per heavy atom. The molecule has 0 radical (unpaired) electrons. The summed E-state index contributed by atoms with van der Waals surface area (Å²) >= 11 is 5.75. The Morgan fingerprint density at radius 2 is 1.59 bits per heavy atom. The molecular weight excluding hydrogens is 242 g/mol. The standard InChI is InChI=1S/C12H8ClNO3/c13-11(14-17)9-5-6-10(12(15)16)8-4-2-1-3-7(8)9/h1-6,17H,(H,15,16). The van der Waals surface area contributed by atoms with E-state index < -0.39 is 5.97 Å². The van der Waals surface area contributed by atoms with E-state index in [0.717, 1.165) is 0 Å². The summed E-state index contributed by atoms with van der Waals surface area (Å²) in [4.78, 5) is 11.1. The molecule has 0 aliphatic carbocycles. The first-order valence-electron chi connectivity index (χ1n) is 4.78. The molecule has 5 heteroatoms. The fraction of sp³-hybridized carbons (Fsp3) is 0. The predicted molar refractivity (Wildman–Crippen MR) is 65.1 cm³/mol. The van der Waals surface area contributed by atoms with Crippen LogP contribution in [0.15, 0.2) is 41.6 Å². The Kier molecular flexibility index (Phi) is 2.97. The van der Waals surface area contributed by atoms with Gasteiger partial charge in [0, 0.05) is 5.56 Å². The Labute approximate surface area is 102 Å². The number of oxime groups is 1. The number of carboxylic acid groups (broad SMARTS) is 1. The van der Waals surface area contributed by atoms with Gasteiger partial charge in [0.15, 0.2) is 5.17 Å². The van der Waals surface area contributed by atoms with Crippen molar-refractivity contribution in [2.45, 2.75) is 0 Å². The van der Waals surface area contributed by atoms with E-state index in [-0.39, 0.29) is 10.7 Å². The van der Waals surface area contributed by atoms with Crippen molar-refractivity contribution in [1.82, 2.24) is 0 Å². The normalized spacial score (nSPS) is 11.7. The van der Waals surface area contributed by atoms with Crippen LogP contribution in [0.3, 0.4) is 0 Å². The molecule has 0 amide bonds. The lowest BCUT2D eigenvalue weighted by molar-refractivity contribution is 0.0699. The van der Waals surface area contributed by atoms with E-state index in [2.05, 4.69) is 5.16 Å². The van der Waals surface area contributed by atoms with Gasteiger partial charge in [0.25, 0.3) is 0 Å². The highest BCUT2D eigenvalue weighted by molar-refractivity contribution is 6.70. The summed E-state index contributed by atoms with van der Waals surface area (Å²) in [5, 5.41) is 21.8. The minimum Gasteiger partial charge on any atom is -0.478 e. The van der Waals surface area contributed by atoms with Crippen molar-refractivity contribution in [2.24, 2.45) is 5.16 Å². The average Bonchev–Trinajstić information content (AvgIpc) is 2.36. The van der Waals surface area contributed by atoms with Crippen molar-refractivity contribution in [2.75, 3.05) is 0 Å². The number of nitrogens with zero attached hydrogens (tertiary/aromatic N) is 1. The van der Waals surface area contributed by atoms with E-state index in [9.17, 15) is 4.79 Å². The number of fused-ring (bicyclic) bond motifs is 1. The summed E-state index contributed by atoms with van der Waals surface area (Å²) in [6.45, 7) is 0. The largest absolute Gasteiger partial charge is 0.478 e. The summed E-state index contributed by atoms with van der Waals surface area (Å²) < 4.78 is 0. The zero-order valence-electron chi connectivity index (χ0n) is 8.59. The SMILES string of the molecule is O=C(O)c1ccc(C(Cl)=NO)c2ccccc12. The molecule has 0 heterocycles. The van der Waals surface area contributed by atoms with Gasteiger partial charge in [0.1, 0.15) is 0 Å². The van der Waals surface area contributed by atoms with E-state index in [1.54, 1.807) is 24.3 Å². The monoisotopic (exact) mass is 249 g/mol. The maximum Gasteiger partial charge on any atom is 0.336 e. The van der Waals surface area contributed by atoms with Gasteiger partial charge in [0.05, 0.1) is 5.56 Å². The first-order chi connectivity index (χ1) is 8.15. The Morgan fingerprint density at radius 3 is 2.12 bits per heavy atom. The highest BCUT2D eigenvalue weighted by atomic mass is 35.5. The van der Waals surface area contributed by atoms with E-state index in [4.69, 9.17) is 21.9 Å². The summed E-state index contributed by atoms with van der Waals surface area (Å²) in [6, 6.07) is 9.87. The van der Waals surface area contributed by atoms with Crippen LogP contribution >= 0.6 is 11.6 Å². The second-order valence-electron chi connectivity index (χ2n) is 3.40. The highest BCUT2D eigenvalue weighted by Crippen LogP contribution is 2.24. The molecule has 0 saturated carbocycles. The second-order valence-corrected chi connectivity index (χ2v) is 3.76. The third kappa shape index (κ3) is 1.94. The van der Waals surface area contributed by atoms with Gasteiger partial charge in [0.2, 0.25) is 0 Å². The second kappa shape index (κ2) is 4.43. The number of rotatable bonds is 2. The fourth-order valence-electron chi connectivity index (χ4n) is 1.72. The van der Waals surface area contributed by atoms with Crippen molar-refractivity contribution in [1.29, 1.82) is 0 Å². The summed E-state index contributed by atoms with van der Waals surface area (Å²) in [5.74, 6) is -1.01. The van der Waals surface area contributed by atoms with Crippen LogP contribution in [0.5, 0.6) is 0 Å². The molecule has 2 rings (SSSR count). The molecule has 0 spiro atoms. The first kappa shape index (κ1) is 11.4. The summed E-state index contributed by atoms with van der Waals surface area (Å²) in [7, 11) is 0. The number of benzene rings is 2.